The molecule has 0 heterocycles. The number of nitrogens with two attached hydrogens (primary N) is 1. The predicted molar refractivity (Wildman–Crippen MR) is 71.7 cm³/mol. The first-order valence-electron chi connectivity index (χ1n) is 5.50. The Balaban J connectivity index is 2.23. The molecule has 0 fully saturated rings. The van der Waals surface area contributed by atoms with Gasteiger partial charge in [-0.2, -0.15) is 0 Å². The summed E-state index contributed by atoms with van der Waals surface area (Å²) in [5.74, 6) is 0.00135. The molecule has 0 radical (unpaired) electrons. The Morgan fingerprint density at radius 2 is 1.61 bits per heavy atom. The first-order valence-corrected chi connectivity index (χ1v) is 5.50. The van der Waals surface area contributed by atoms with Crippen LogP contribution in [0.1, 0.15) is 10.4 Å². The predicted octanol–water partition coefficient (Wildman–Crippen LogP) is 2.25. The number of benzene rings is 2. The number of hydrogen-bond acceptors (Lipinski definition) is 3. The molecule has 2 aromatic rings. The number of carbonyl (C=O) groups is 1. The number of hydrogen-bond donors (Lipinski definition) is 2. The van der Waals surface area contributed by atoms with Crippen LogP contribution in [0.2, 0.25) is 0 Å². The number of aromatic hydroxyl groups is 1. The number of anilines is 2. The summed E-state index contributed by atoms with van der Waals surface area (Å²) in [5.41, 5.74) is 7.54. The largest absolute Gasteiger partial charge is 0.508 e. The Kier molecular flexibility index (Phi) is 3.19. The third kappa shape index (κ3) is 2.43. The molecule has 4 heteroatoms. The van der Waals surface area contributed by atoms with E-state index in [1.165, 1.54) is 17.0 Å². The fourth-order valence-corrected chi connectivity index (χ4v) is 1.61. The van der Waals surface area contributed by atoms with E-state index >= 15 is 0 Å². The SMILES string of the molecule is CN(C(=O)c1ccc(O)cc1)c1ccc(N)cc1. The van der Waals surface area contributed by atoms with Crippen molar-refractivity contribution in [2.75, 3.05) is 17.7 Å². The zero-order valence-electron chi connectivity index (χ0n) is 10.00. The Hall–Kier alpha value is -2.49. The van der Waals surface area contributed by atoms with Crippen LogP contribution >= 0.6 is 0 Å². The molecule has 0 saturated heterocycles. The van der Waals surface area contributed by atoms with Gasteiger partial charge in [0.2, 0.25) is 0 Å². The topological polar surface area (TPSA) is 66.6 Å². The number of nitrogen functional groups attached to an aromatic ring is 1. The normalized spacial score (nSPS) is 10.1. The molecular weight excluding hydrogens is 228 g/mol. The third-order valence-electron chi connectivity index (χ3n) is 2.70. The number of carbonyl (C=O) groups excluding carboxylic acids is 1. The van der Waals surface area contributed by atoms with Crippen LogP contribution in [0.5, 0.6) is 5.75 Å². The maximum Gasteiger partial charge on any atom is 0.258 e. The highest BCUT2D eigenvalue weighted by atomic mass is 16.3. The Bertz CT molecular complexity index is 547. The lowest BCUT2D eigenvalue weighted by Gasteiger charge is -2.17. The quantitative estimate of drug-likeness (QED) is 0.794. The van der Waals surface area contributed by atoms with Crippen LogP contribution in [-0.2, 0) is 0 Å². The molecule has 2 aromatic carbocycles. The zero-order valence-corrected chi connectivity index (χ0v) is 10.00. The minimum absolute atomic E-state index is 0.139. The van der Waals surface area contributed by atoms with Crippen LogP contribution < -0.4 is 10.6 Å². The first-order chi connectivity index (χ1) is 8.58. The van der Waals surface area contributed by atoms with E-state index in [1.807, 2.05) is 0 Å². The summed E-state index contributed by atoms with van der Waals surface area (Å²) < 4.78 is 0. The van der Waals surface area contributed by atoms with Gasteiger partial charge in [0, 0.05) is 24.0 Å². The monoisotopic (exact) mass is 242 g/mol. The van der Waals surface area contributed by atoms with Crippen molar-refractivity contribution in [2.24, 2.45) is 0 Å². The molecular formula is C14H14N2O2. The van der Waals surface area contributed by atoms with Crippen LogP contribution in [0.4, 0.5) is 11.4 Å². The van der Waals surface area contributed by atoms with Gasteiger partial charge in [0.25, 0.3) is 5.91 Å². The molecule has 0 saturated carbocycles. The van der Waals surface area contributed by atoms with Crippen LogP contribution in [0, 0.1) is 0 Å². The summed E-state index contributed by atoms with van der Waals surface area (Å²) in [6.07, 6.45) is 0. The average Bonchev–Trinajstić information content (AvgIpc) is 2.39. The average molecular weight is 242 g/mol. The molecule has 0 bridgehead atoms. The lowest BCUT2D eigenvalue weighted by atomic mass is 10.2. The minimum Gasteiger partial charge on any atom is -0.508 e. The summed E-state index contributed by atoms with van der Waals surface area (Å²) in [7, 11) is 1.70. The zero-order chi connectivity index (χ0) is 13.1. The summed E-state index contributed by atoms with van der Waals surface area (Å²) >= 11 is 0. The minimum atomic E-state index is -0.139. The highest BCUT2D eigenvalue weighted by Gasteiger charge is 2.12. The lowest BCUT2D eigenvalue weighted by molar-refractivity contribution is 0.0993. The fraction of sp³-hybridized carbons (Fsp3) is 0.0714. The van der Waals surface area contributed by atoms with Crippen molar-refractivity contribution < 1.29 is 9.90 Å². The Morgan fingerprint density at radius 3 is 2.17 bits per heavy atom. The standard InChI is InChI=1S/C14H14N2O2/c1-16(12-6-4-11(15)5-7-12)14(18)10-2-8-13(17)9-3-10/h2-9,17H,15H2,1H3. The summed E-state index contributed by atoms with van der Waals surface area (Å²) in [4.78, 5) is 13.7. The number of nitrogens with zero attached hydrogens (tertiary/aromatic N) is 1. The van der Waals surface area contributed by atoms with Crippen molar-refractivity contribution in [3.05, 3.63) is 54.1 Å². The van der Waals surface area contributed by atoms with Crippen molar-refractivity contribution in [2.45, 2.75) is 0 Å². The maximum atomic E-state index is 12.2. The van der Waals surface area contributed by atoms with Crippen molar-refractivity contribution in [3.8, 4) is 5.75 Å². The second-order valence-corrected chi connectivity index (χ2v) is 4.00. The molecule has 18 heavy (non-hydrogen) atoms. The van der Waals surface area contributed by atoms with Gasteiger partial charge in [-0.3, -0.25) is 4.79 Å². The van der Waals surface area contributed by atoms with E-state index in [9.17, 15) is 9.90 Å². The van der Waals surface area contributed by atoms with Gasteiger partial charge in [0.1, 0.15) is 5.75 Å². The van der Waals surface area contributed by atoms with Crippen LogP contribution in [-0.4, -0.2) is 18.1 Å². The lowest BCUT2D eigenvalue weighted by Crippen LogP contribution is -2.26. The van der Waals surface area contributed by atoms with E-state index in [2.05, 4.69) is 0 Å². The highest BCUT2D eigenvalue weighted by Crippen LogP contribution is 2.18. The van der Waals surface area contributed by atoms with E-state index in [-0.39, 0.29) is 11.7 Å². The third-order valence-corrected chi connectivity index (χ3v) is 2.70. The van der Waals surface area contributed by atoms with Gasteiger partial charge >= 0.3 is 0 Å². The second-order valence-electron chi connectivity index (χ2n) is 4.00. The first kappa shape index (κ1) is 12.0. The van der Waals surface area contributed by atoms with Crippen molar-refractivity contribution >= 4 is 17.3 Å². The van der Waals surface area contributed by atoms with E-state index < -0.39 is 0 Å². The van der Waals surface area contributed by atoms with E-state index in [4.69, 9.17) is 5.73 Å². The van der Waals surface area contributed by atoms with E-state index in [0.717, 1.165) is 5.69 Å². The van der Waals surface area contributed by atoms with Crippen molar-refractivity contribution in [1.82, 2.24) is 0 Å². The number of phenols is 1. The van der Waals surface area contributed by atoms with Crippen molar-refractivity contribution in [3.63, 3.8) is 0 Å². The Morgan fingerprint density at radius 1 is 1.06 bits per heavy atom. The molecule has 0 atom stereocenters. The number of rotatable bonds is 2. The molecule has 0 spiro atoms. The molecule has 1 amide bonds. The molecule has 0 aliphatic heterocycles. The molecule has 92 valence electrons. The smallest absolute Gasteiger partial charge is 0.258 e. The fourth-order valence-electron chi connectivity index (χ4n) is 1.61. The van der Waals surface area contributed by atoms with E-state index in [0.29, 0.717) is 11.3 Å². The number of amides is 1. The van der Waals surface area contributed by atoms with Gasteiger partial charge in [-0.25, -0.2) is 0 Å². The Labute approximate surface area is 105 Å². The molecule has 0 aromatic heterocycles. The van der Waals surface area contributed by atoms with Gasteiger partial charge in [-0.05, 0) is 48.5 Å². The molecule has 2 rings (SSSR count). The highest BCUT2D eigenvalue weighted by molar-refractivity contribution is 6.05. The summed E-state index contributed by atoms with van der Waals surface area (Å²) in [6, 6.07) is 13.2. The molecule has 0 unspecified atom stereocenters. The number of phenolic OH excluding ortho intramolecular Hbond substituents is 1. The van der Waals surface area contributed by atoms with Crippen molar-refractivity contribution in [1.29, 1.82) is 0 Å². The summed E-state index contributed by atoms with van der Waals surface area (Å²) in [6.45, 7) is 0. The van der Waals surface area contributed by atoms with Gasteiger partial charge in [0.05, 0.1) is 0 Å². The van der Waals surface area contributed by atoms with Crippen LogP contribution in [0.15, 0.2) is 48.5 Å². The van der Waals surface area contributed by atoms with Gasteiger partial charge in [-0.1, -0.05) is 0 Å². The van der Waals surface area contributed by atoms with Gasteiger partial charge < -0.3 is 15.7 Å². The van der Waals surface area contributed by atoms with Crippen LogP contribution in [0.3, 0.4) is 0 Å². The molecule has 4 nitrogen and oxygen atoms in total. The van der Waals surface area contributed by atoms with Crippen LogP contribution in [0.25, 0.3) is 0 Å². The molecule has 3 N–H and O–H groups in total. The maximum absolute atomic E-state index is 12.2. The van der Waals surface area contributed by atoms with Gasteiger partial charge in [-0.15, -0.1) is 0 Å². The van der Waals surface area contributed by atoms with Gasteiger partial charge in [0.15, 0.2) is 0 Å². The molecule has 0 aliphatic rings. The molecule has 0 aliphatic carbocycles. The summed E-state index contributed by atoms with van der Waals surface area (Å²) in [5, 5.41) is 9.19. The second kappa shape index (κ2) is 4.79. The van der Waals surface area contributed by atoms with E-state index in [1.54, 1.807) is 43.4 Å².